The van der Waals surface area contributed by atoms with E-state index in [1.54, 1.807) is 13.0 Å². The van der Waals surface area contributed by atoms with Gasteiger partial charge in [-0.15, -0.1) is 0 Å². The summed E-state index contributed by atoms with van der Waals surface area (Å²) in [6.45, 7) is 3.03. The molecule has 1 saturated carbocycles. The fourth-order valence-electron chi connectivity index (χ4n) is 3.46. The van der Waals surface area contributed by atoms with Crippen LogP contribution in [0.25, 0.3) is 0 Å². The summed E-state index contributed by atoms with van der Waals surface area (Å²) in [4.78, 5) is 24.5. The van der Waals surface area contributed by atoms with E-state index in [-0.39, 0.29) is 23.8 Å². The highest BCUT2D eigenvalue weighted by Crippen LogP contribution is 2.25. The highest BCUT2D eigenvalue weighted by Gasteiger charge is 2.25. The Morgan fingerprint density at radius 3 is 2.77 bits per heavy atom. The first-order chi connectivity index (χ1) is 12.6. The smallest absolute Gasteiger partial charge is 0.246 e. The Bertz CT molecular complexity index is 622. The van der Waals surface area contributed by atoms with Crippen molar-refractivity contribution < 1.29 is 19.1 Å². The summed E-state index contributed by atoms with van der Waals surface area (Å²) in [5.74, 6) is 0.507. The Morgan fingerprint density at radius 2 is 2.04 bits per heavy atom. The quantitative estimate of drug-likeness (QED) is 0.784. The van der Waals surface area contributed by atoms with Crippen LogP contribution in [0.2, 0.25) is 0 Å². The molecule has 1 aromatic rings. The third-order valence-electron chi connectivity index (χ3n) is 5.04. The zero-order valence-corrected chi connectivity index (χ0v) is 15.3. The summed E-state index contributed by atoms with van der Waals surface area (Å²) in [6.07, 6.45) is 6.28. The highest BCUT2D eigenvalue weighted by molar-refractivity contribution is 5.97. The van der Waals surface area contributed by atoms with Gasteiger partial charge < -0.3 is 20.1 Å². The number of nitrogens with one attached hydrogen (secondary N) is 2. The van der Waals surface area contributed by atoms with Crippen molar-refractivity contribution in [3.63, 3.8) is 0 Å². The molecule has 2 unspecified atom stereocenters. The second kappa shape index (κ2) is 9.03. The molecular formula is C20H28N2O4. The Kier molecular flexibility index (Phi) is 6.50. The largest absolute Gasteiger partial charge is 0.491 e. The van der Waals surface area contributed by atoms with Crippen molar-refractivity contribution in [2.24, 2.45) is 5.92 Å². The van der Waals surface area contributed by atoms with Crippen molar-refractivity contribution in [2.45, 2.75) is 57.6 Å². The van der Waals surface area contributed by atoms with Crippen LogP contribution < -0.4 is 15.4 Å². The molecule has 1 saturated heterocycles. The lowest BCUT2D eigenvalue weighted by molar-refractivity contribution is -0.128. The summed E-state index contributed by atoms with van der Waals surface area (Å²) in [5, 5.41) is 5.66. The lowest BCUT2D eigenvalue weighted by Crippen LogP contribution is -2.43. The molecule has 6 nitrogen and oxygen atoms in total. The number of anilines is 1. The summed E-state index contributed by atoms with van der Waals surface area (Å²) in [5.41, 5.74) is 0.654. The van der Waals surface area contributed by atoms with E-state index in [2.05, 4.69) is 10.6 Å². The minimum absolute atomic E-state index is 0.0150. The van der Waals surface area contributed by atoms with Gasteiger partial charge in [-0.25, -0.2) is 0 Å². The standard InChI is InChI=1S/C20H28N2O4/c1-14(21-20(24)15-6-2-3-7-15)19(23)22-16-8-4-9-17(12-16)26-13-18-10-5-11-25-18/h4,8-9,12,14-15,18H,2-3,5-7,10-11,13H2,1H3,(H,21,24)(H,22,23). The molecule has 1 aliphatic carbocycles. The van der Waals surface area contributed by atoms with Gasteiger partial charge in [0.15, 0.2) is 0 Å². The van der Waals surface area contributed by atoms with Crippen molar-refractivity contribution in [1.82, 2.24) is 5.32 Å². The van der Waals surface area contributed by atoms with Gasteiger partial charge >= 0.3 is 0 Å². The van der Waals surface area contributed by atoms with E-state index >= 15 is 0 Å². The first kappa shape index (κ1) is 18.7. The van der Waals surface area contributed by atoms with Crippen LogP contribution in [0.15, 0.2) is 24.3 Å². The Labute approximate surface area is 154 Å². The third-order valence-corrected chi connectivity index (χ3v) is 5.04. The van der Waals surface area contributed by atoms with Crippen LogP contribution in [0.4, 0.5) is 5.69 Å². The average molecular weight is 360 g/mol. The molecule has 26 heavy (non-hydrogen) atoms. The van der Waals surface area contributed by atoms with Gasteiger partial charge in [-0.2, -0.15) is 0 Å². The maximum Gasteiger partial charge on any atom is 0.246 e. The van der Waals surface area contributed by atoms with Crippen molar-refractivity contribution >= 4 is 17.5 Å². The van der Waals surface area contributed by atoms with Crippen molar-refractivity contribution in [1.29, 1.82) is 0 Å². The Balaban J connectivity index is 1.48. The molecule has 142 valence electrons. The number of hydrogen-bond acceptors (Lipinski definition) is 4. The molecular weight excluding hydrogens is 332 g/mol. The summed E-state index contributed by atoms with van der Waals surface area (Å²) in [6, 6.07) is 6.72. The predicted octanol–water partition coefficient (Wildman–Crippen LogP) is 2.88. The molecule has 1 heterocycles. The Morgan fingerprint density at radius 1 is 1.23 bits per heavy atom. The minimum atomic E-state index is -0.570. The lowest BCUT2D eigenvalue weighted by atomic mass is 10.1. The van der Waals surface area contributed by atoms with Crippen LogP contribution in [0.5, 0.6) is 5.75 Å². The monoisotopic (exact) mass is 360 g/mol. The number of ether oxygens (including phenoxy) is 2. The van der Waals surface area contributed by atoms with E-state index in [9.17, 15) is 9.59 Å². The minimum Gasteiger partial charge on any atom is -0.491 e. The molecule has 0 bridgehead atoms. The first-order valence-corrected chi connectivity index (χ1v) is 9.57. The average Bonchev–Trinajstić information content (AvgIpc) is 3.34. The van der Waals surface area contributed by atoms with E-state index in [4.69, 9.17) is 9.47 Å². The molecule has 0 aromatic heterocycles. The second-order valence-electron chi connectivity index (χ2n) is 7.17. The molecule has 1 aromatic carbocycles. The highest BCUT2D eigenvalue weighted by atomic mass is 16.5. The molecule has 2 amide bonds. The molecule has 6 heteroatoms. The van der Waals surface area contributed by atoms with Crippen molar-refractivity contribution in [3.8, 4) is 5.75 Å². The van der Waals surface area contributed by atoms with Crippen LogP contribution in [-0.2, 0) is 14.3 Å². The number of amides is 2. The maximum absolute atomic E-state index is 12.4. The number of carbonyl (C=O) groups excluding carboxylic acids is 2. The van der Waals surface area contributed by atoms with Crippen molar-refractivity contribution in [2.75, 3.05) is 18.5 Å². The van der Waals surface area contributed by atoms with Gasteiger partial charge in [-0.3, -0.25) is 9.59 Å². The van der Waals surface area contributed by atoms with Crippen LogP contribution in [0.1, 0.15) is 45.4 Å². The van der Waals surface area contributed by atoms with Gasteiger partial charge in [0.25, 0.3) is 0 Å². The molecule has 2 atom stereocenters. The van der Waals surface area contributed by atoms with Crippen LogP contribution in [-0.4, -0.2) is 37.2 Å². The van der Waals surface area contributed by atoms with Crippen LogP contribution in [0.3, 0.4) is 0 Å². The zero-order valence-electron chi connectivity index (χ0n) is 15.3. The molecule has 0 spiro atoms. The Hall–Kier alpha value is -2.08. The zero-order chi connectivity index (χ0) is 18.4. The first-order valence-electron chi connectivity index (χ1n) is 9.57. The van der Waals surface area contributed by atoms with E-state index in [1.165, 1.54) is 0 Å². The molecule has 3 rings (SSSR count). The van der Waals surface area contributed by atoms with Gasteiger partial charge in [-0.05, 0) is 44.7 Å². The second-order valence-corrected chi connectivity index (χ2v) is 7.17. The van der Waals surface area contributed by atoms with Gasteiger partial charge in [0.1, 0.15) is 18.4 Å². The van der Waals surface area contributed by atoms with Crippen LogP contribution in [0, 0.1) is 5.92 Å². The summed E-state index contributed by atoms with van der Waals surface area (Å²) >= 11 is 0. The summed E-state index contributed by atoms with van der Waals surface area (Å²) in [7, 11) is 0. The predicted molar refractivity (Wildman–Crippen MR) is 99.1 cm³/mol. The van der Waals surface area contributed by atoms with E-state index in [1.807, 2.05) is 18.2 Å². The number of hydrogen-bond donors (Lipinski definition) is 2. The van der Waals surface area contributed by atoms with E-state index in [0.717, 1.165) is 45.1 Å². The number of benzene rings is 1. The lowest BCUT2D eigenvalue weighted by Gasteiger charge is -2.17. The van der Waals surface area contributed by atoms with Gasteiger partial charge in [-0.1, -0.05) is 18.9 Å². The van der Waals surface area contributed by atoms with Gasteiger partial charge in [0.2, 0.25) is 11.8 Å². The van der Waals surface area contributed by atoms with Gasteiger partial charge in [0, 0.05) is 24.3 Å². The van der Waals surface area contributed by atoms with E-state index < -0.39 is 6.04 Å². The fraction of sp³-hybridized carbons (Fsp3) is 0.600. The van der Waals surface area contributed by atoms with Gasteiger partial charge in [0.05, 0.1) is 6.10 Å². The van der Waals surface area contributed by atoms with Crippen molar-refractivity contribution in [3.05, 3.63) is 24.3 Å². The maximum atomic E-state index is 12.4. The normalized spacial score (nSPS) is 21.3. The van der Waals surface area contributed by atoms with Crippen LogP contribution >= 0.6 is 0 Å². The van der Waals surface area contributed by atoms with E-state index in [0.29, 0.717) is 18.0 Å². The fourth-order valence-corrected chi connectivity index (χ4v) is 3.46. The molecule has 2 N–H and O–H groups in total. The molecule has 1 aliphatic heterocycles. The SMILES string of the molecule is CC(NC(=O)C1CCCC1)C(=O)Nc1cccc(OCC2CCCO2)c1. The molecule has 2 fully saturated rings. The molecule has 0 radical (unpaired) electrons. The number of carbonyl (C=O) groups is 2. The number of rotatable bonds is 7. The topological polar surface area (TPSA) is 76.7 Å². The molecule has 2 aliphatic rings. The third kappa shape index (κ3) is 5.21. The summed E-state index contributed by atoms with van der Waals surface area (Å²) < 4.78 is 11.3.